The molecular weight excluding hydrogens is 190 g/mol. The van der Waals surface area contributed by atoms with Crippen molar-refractivity contribution in [3.05, 3.63) is 12.2 Å². The summed E-state index contributed by atoms with van der Waals surface area (Å²) in [7, 11) is 0. The average Bonchev–Trinajstić information content (AvgIpc) is 2.22. The molecule has 0 radical (unpaired) electrons. The number of hydrogen-bond acceptors (Lipinski definition) is 3. The van der Waals surface area contributed by atoms with E-state index in [-0.39, 0.29) is 5.97 Å². The van der Waals surface area contributed by atoms with Crippen molar-refractivity contribution >= 4 is 5.97 Å². The van der Waals surface area contributed by atoms with Gasteiger partial charge in [0.05, 0.1) is 6.61 Å². The van der Waals surface area contributed by atoms with Gasteiger partial charge in [-0.05, 0) is 26.3 Å². The molecule has 0 aliphatic carbocycles. The first-order valence-corrected chi connectivity index (χ1v) is 5.28. The van der Waals surface area contributed by atoms with Gasteiger partial charge in [0, 0.05) is 19.0 Å². The van der Waals surface area contributed by atoms with E-state index in [1.165, 1.54) is 6.08 Å². The molecule has 0 amide bonds. The summed E-state index contributed by atoms with van der Waals surface area (Å²) in [5, 5.41) is 3.18. The van der Waals surface area contributed by atoms with Crippen LogP contribution in [0.25, 0.3) is 0 Å². The van der Waals surface area contributed by atoms with Crippen LogP contribution < -0.4 is 5.32 Å². The zero-order valence-electron chi connectivity index (χ0n) is 9.29. The van der Waals surface area contributed by atoms with Crippen LogP contribution in [-0.2, 0) is 9.53 Å². The van der Waals surface area contributed by atoms with Gasteiger partial charge in [-0.25, -0.2) is 4.79 Å². The molecule has 0 aromatic heterocycles. The molecule has 0 aromatic rings. The van der Waals surface area contributed by atoms with Gasteiger partial charge in [-0.1, -0.05) is 6.08 Å². The first-order valence-electron chi connectivity index (χ1n) is 5.28. The zero-order valence-corrected chi connectivity index (χ0v) is 9.29. The van der Waals surface area contributed by atoms with E-state index in [9.17, 15) is 4.79 Å². The van der Waals surface area contributed by atoms with Crippen molar-refractivity contribution in [2.45, 2.75) is 26.2 Å². The molecule has 0 saturated heterocycles. The van der Waals surface area contributed by atoms with Gasteiger partial charge >= 0.3 is 5.97 Å². The summed E-state index contributed by atoms with van der Waals surface area (Å²) >= 11 is 0. The quantitative estimate of drug-likeness (QED) is 0.285. The molecule has 0 aliphatic rings. The largest absolute Gasteiger partial charge is 0.463 e. The van der Waals surface area contributed by atoms with E-state index >= 15 is 0 Å². The lowest BCUT2D eigenvalue weighted by Crippen LogP contribution is -2.15. The molecule has 15 heavy (non-hydrogen) atoms. The Balaban J connectivity index is 3.23. The summed E-state index contributed by atoms with van der Waals surface area (Å²) in [6, 6.07) is 0. The minimum atomic E-state index is -0.286. The first kappa shape index (κ1) is 13.7. The average molecular weight is 209 g/mol. The lowest BCUT2D eigenvalue weighted by molar-refractivity contribution is -0.137. The number of rotatable bonds is 8. The molecule has 0 bridgehead atoms. The fourth-order valence-corrected chi connectivity index (χ4v) is 1.01. The van der Waals surface area contributed by atoms with E-state index < -0.39 is 0 Å². The maximum atomic E-state index is 10.9. The van der Waals surface area contributed by atoms with Crippen LogP contribution in [0.5, 0.6) is 0 Å². The predicted molar refractivity (Wildman–Crippen MR) is 61.3 cm³/mol. The highest BCUT2D eigenvalue weighted by molar-refractivity contribution is 5.81. The van der Waals surface area contributed by atoms with Crippen LogP contribution in [0.2, 0.25) is 0 Å². The maximum Gasteiger partial charge on any atom is 0.330 e. The molecule has 0 atom stereocenters. The second kappa shape index (κ2) is 10.8. The topological polar surface area (TPSA) is 38.3 Å². The lowest BCUT2D eigenvalue weighted by Gasteiger charge is -1.99. The van der Waals surface area contributed by atoms with Crippen molar-refractivity contribution < 1.29 is 9.53 Å². The minimum absolute atomic E-state index is 0.286. The standard InChI is InChI=1S/C12H19NO2/c1-3-5-6-7-10-13-11-8-9-12(14)15-4-2/h1,8-9,13H,4-7,10-11H2,2H3/b9-8+. The highest BCUT2D eigenvalue weighted by Gasteiger charge is 1.91. The molecule has 0 aromatic carbocycles. The van der Waals surface area contributed by atoms with Crippen molar-refractivity contribution in [3.63, 3.8) is 0 Å². The van der Waals surface area contributed by atoms with Gasteiger partial charge in [0.1, 0.15) is 0 Å². The fraction of sp³-hybridized carbons (Fsp3) is 0.583. The third-order valence-corrected chi connectivity index (χ3v) is 1.73. The predicted octanol–water partition coefficient (Wildman–Crippen LogP) is 1.50. The summed E-state index contributed by atoms with van der Waals surface area (Å²) in [5.74, 6) is 2.31. The molecule has 84 valence electrons. The highest BCUT2D eigenvalue weighted by atomic mass is 16.5. The van der Waals surface area contributed by atoms with E-state index in [0.717, 1.165) is 25.8 Å². The Bertz CT molecular complexity index is 228. The summed E-state index contributed by atoms with van der Waals surface area (Å²) in [4.78, 5) is 10.9. The molecule has 0 saturated carbocycles. The van der Waals surface area contributed by atoms with E-state index in [4.69, 9.17) is 11.2 Å². The summed E-state index contributed by atoms with van der Waals surface area (Å²) in [6.07, 6.45) is 11.3. The van der Waals surface area contributed by atoms with Crippen LogP contribution in [0.4, 0.5) is 0 Å². The van der Waals surface area contributed by atoms with Crippen LogP contribution in [0.3, 0.4) is 0 Å². The van der Waals surface area contributed by atoms with Gasteiger partial charge in [-0.15, -0.1) is 12.3 Å². The smallest absolute Gasteiger partial charge is 0.330 e. The lowest BCUT2D eigenvalue weighted by atomic mass is 10.2. The van der Waals surface area contributed by atoms with Gasteiger partial charge in [-0.2, -0.15) is 0 Å². The first-order chi connectivity index (χ1) is 7.31. The summed E-state index contributed by atoms with van der Waals surface area (Å²) in [5.41, 5.74) is 0. The Morgan fingerprint density at radius 1 is 1.53 bits per heavy atom. The molecule has 1 N–H and O–H groups in total. The number of ether oxygens (including phenoxy) is 1. The van der Waals surface area contributed by atoms with Gasteiger partial charge in [0.15, 0.2) is 0 Å². The third kappa shape index (κ3) is 10.7. The normalized spacial score (nSPS) is 10.1. The molecule has 3 heteroatoms. The summed E-state index contributed by atoms with van der Waals surface area (Å²) < 4.78 is 4.73. The molecule has 0 heterocycles. The Kier molecular flexibility index (Phi) is 9.89. The van der Waals surface area contributed by atoms with Crippen LogP contribution >= 0.6 is 0 Å². The molecule has 0 unspecified atom stereocenters. The second-order valence-corrected chi connectivity index (χ2v) is 3.02. The molecule has 0 aliphatic heterocycles. The Labute approximate surface area is 91.9 Å². The van der Waals surface area contributed by atoms with Crippen molar-refractivity contribution in [1.82, 2.24) is 5.32 Å². The fourth-order valence-electron chi connectivity index (χ4n) is 1.01. The zero-order chi connectivity index (χ0) is 11.4. The van der Waals surface area contributed by atoms with E-state index in [2.05, 4.69) is 11.2 Å². The monoisotopic (exact) mass is 209 g/mol. The SMILES string of the molecule is C#CCCCCNC/C=C/C(=O)OCC. The van der Waals surface area contributed by atoms with Crippen LogP contribution in [0.15, 0.2) is 12.2 Å². The number of nitrogens with one attached hydrogen (secondary N) is 1. The molecular formula is C12H19NO2. The number of carbonyl (C=O) groups is 1. The van der Waals surface area contributed by atoms with Crippen molar-refractivity contribution in [1.29, 1.82) is 0 Å². The van der Waals surface area contributed by atoms with Crippen molar-refractivity contribution in [3.8, 4) is 12.3 Å². The Hall–Kier alpha value is -1.27. The molecule has 0 rings (SSSR count). The van der Waals surface area contributed by atoms with E-state index in [1.54, 1.807) is 13.0 Å². The highest BCUT2D eigenvalue weighted by Crippen LogP contribution is 1.90. The Morgan fingerprint density at radius 3 is 3.00 bits per heavy atom. The third-order valence-electron chi connectivity index (χ3n) is 1.73. The van der Waals surface area contributed by atoms with Crippen LogP contribution in [-0.4, -0.2) is 25.7 Å². The molecule has 3 nitrogen and oxygen atoms in total. The minimum Gasteiger partial charge on any atom is -0.463 e. The molecule has 0 fully saturated rings. The number of carbonyl (C=O) groups excluding carboxylic acids is 1. The number of hydrogen-bond donors (Lipinski definition) is 1. The van der Waals surface area contributed by atoms with E-state index in [1.807, 2.05) is 0 Å². The number of terminal acetylenes is 1. The van der Waals surface area contributed by atoms with Crippen molar-refractivity contribution in [2.24, 2.45) is 0 Å². The van der Waals surface area contributed by atoms with Crippen molar-refractivity contribution in [2.75, 3.05) is 19.7 Å². The van der Waals surface area contributed by atoms with Crippen LogP contribution in [0.1, 0.15) is 26.2 Å². The van der Waals surface area contributed by atoms with Gasteiger partial charge in [0.2, 0.25) is 0 Å². The van der Waals surface area contributed by atoms with Gasteiger partial charge in [0.25, 0.3) is 0 Å². The van der Waals surface area contributed by atoms with Gasteiger partial charge < -0.3 is 10.1 Å². The van der Waals surface area contributed by atoms with Gasteiger partial charge in [-0.3, -0.25) is 0 Å². The maximum absolute atomic E-state index is 10.9. The number of unbranched alkanes of at least 4 members (excludes halogenated alkanes) is 2. The molecule has 0 spiro atoms. The van der Waals surface area contributed by atoms with E-state index in [0.29, 0.717) is 13.2 Å². The Morgan fingerprint density at radius 2 is 2.33 bits per heavy atom. The second-order valence-electron chi connectivity index (χ2n) is 3.02. The summed E-state index contributed by atoms with van der Waals surface area (Å²) in [6.45, 7) is 3.82. The number of esters is 1. The van der Waals surface area contributed by atoms with Crippen LogP contribution in [0, 0.1) is 12.3 Å².